The van der Waals surface area contributed by atoms with Crippen LogP contribution in [0.25, 0.3) is 0 Å². The molecule has 0 aliphatic carbocycles. The van der Waals surface area contributed by atoms with Gasteiger partial charge in [0.05, 0.1) is 37.9 Å². The molecule has 210 valence electrons. The second-order valence-electron chi connectivity index (χ2n) is 6.63. The van der Waals surface area contributed by atoms with Crippen LogP contribution < -0.4 is 0 Å². The second-order valence-corrected chi connectivity index (χ2v) is 6.63. The molecule has 0 aliphatic rings. The molecular weight excluding hydrogens is 456 g/mol. The number of carbonyl (C=O) groups excluding carboxylic acids is 4. The van der Waals surface area contributed by atoms with Gasteiger partial charge in [-0.2, -0.15) is 0 Å². The fourth-order valence-corrected chi connectivity index (χ4v) is 1.88. The predicted molar refractivity (Wildman–Crippen MR) is 141 cm³/mol. The number of allylic oxidation sites excluding steroid dienone is 2. The Labute approximate surface area is 213 Å². The highest BCUT2D eigenvalue weighted by Gasteiger charge is 2.14. The minimum Gasteiger partial charge on any atom is -0.512 e. The Hall–Kier alpha value is -2.84. The van der Waals surface area contributed by atoms with E-state index in [1.54, 1.807) is 26.8 Å². The molecule has 0 radical (unpaired) electrons. The van der Waals surface area contributed by atoms with Crippen molar-refractivity contribution in [2.45, 2.75) is 109 Å². The van der Waals surface area contributed by atoms with E-state index in [1.807, 2.05) is 13.8 Å². The van der Waals surface area contributed by atoms with E-state index in [4.69, 9.17) is 24.1 Å². The van der Waals surface area contributed by atoms with Crippen LogP contribution in [0.1, 0.15) is 96.9 Å². The Morgan fingerprint density at radius 2 is 1.14 bits per heavy atom. The molecule has 0 spiro atoms. The van der Waals surface area contributed by atoms with Gasteiger partial charge in [0.2, 0.25) is 0 Å². The lowest BCUT2D eigenvalue weighted by Gasteiger charge is -2.11. The zero-order valence-corrected chi connectivity index (χ0v) is 19.3. The van der Waals surface area contributed by atoms with Crippen molar-refractivity contribution in [3.8, 4) is 0 Å². The summed E-state index contributed by atoms with van der Waals surface area (Å²) in [5.74, 6) is -1.97. The van der Waals surface area contributed by atoms with Gasteiger partial charge in [0.1, 0.15) is 12.2 Å². The average molecular weight is 509 g/mol. The summed E-state index contributed by atoms with van der Waals surface area (Å²) in [6.07, 6.45) is 4.51. The molecule has 0 amide bonds. The number of hydrogen-bond acceptors (Lipinski definition) is 9. The van der Waals surface area contributed by atoms with Gasteiger partial charge in [-0.15, -0.1) is 0 Å². The van der Waals surface area contributed by atoms with Crippen LogP contribution in [0.15, 0.2) is 24.0 Å². The number of esters is 4. The number of rotatable bonds is 12. The molecular formula is C26H52O9. The van der Waals surface area contributed by atoms with Gasteiger partial charge in [-0.1, -0.05) is 49.6 Å². The standard InChI is InChI=1S/C11H18O5.C11H18O4.4CH4/c1-4-5-15-10(13)7-9(3)16-11(14)6-8(2)12;1-4-6-10(12)15-9(3)8-11(13)14-7-5-2;;;;/h6,9,12H,4-5,7H2,1-3H3;4,6,9H,5,7-8H2,1-3H3;4*1H4. The van der Waals surface area contributed by atoms with Crippen molar-refractivity contribution in [3.05, 3.63) is 24.0 Å². The Balaban J connectivity index is -0.000000108. The molecule has 35 heavy (non-hydrogen) atoms. The molecule has 0 aromatic heterocycles. The number of ether oxygens (including phenoxy) is 4. The Morgan fingerprint density at radius 1 is 0.771 bits per heavy atom. The van der Waals surface area contributed by atoms with Gasteiger partial charge in [0.25, 0.3) is 0 Å². The van der Waals surface area contributed by atoms with Gasteiger partial charge in [0.15, 0.2) is 0 Å². The molecule has 0 aliphatic heterocycles. The normalized spacial score (nSPS) is 11.3. The van der Waals surface area contributed by atoms with Gasteiger partial charge in [-0.3, -0.25) is 9.59 Å². The summed E-state index contributed by atoms with van der Waals surface area (Å²) >= 11 is 0. The summed E-state index contributed by atoms with van der Waals surface area (Å²) in [7, 11) is 0. The van der Waals surface area contributed by atoms with Gasteiger partial charge >= 0.3 is 23.9 Å². The van der Waals surface area contributed by atoms with Crippen LogP contribution in [-0.4, -0.2) is 54.4 Å². The van der Waals surface area contributed by atoms with Crippen LogP contribution in [0, 0.1) is 0 Å². The third kappa shape index (κ3) is 33.4. The Bertz CT molecular complexity index is 606. The number of aliphatic hydroxyl groups is 1. The van der Waals surface area contributed by atoms with Crippen molar-refractivity contribution in [1.29, 1.82) is 0 Å². The van der Waals surface area contributed by atoms with Crippen LogP contribution >= 0.6 is 0 Å². The van der Waals surface area contributed by atoms with E-state index in [1.165, 1.54) is 13.0 Å². The first-order chi connectivity index (χ1) is 14.5. The molecule has 0 aromatic carbocycles. The SMILES string of the molecule is C.C.C.C.CC=CC(=O)OC(C)CC(=O)OCCC.CCCOC(=O)CC(C)OC(=O)C=C(C)O. The maximum Gasteiger partial charge on any atom is 0.334 e. The summed E-state index contributed by atoms with van der Waals surface area (Å²) in [5.41, 5.74) is 0. The molecule has 0 saturated carbocycles. The minimum atomic E-state index is -0.671. The molecule has 2 unspecified atom stereocenters. The molecule has 0 aromatic rings. The highest BCUT2D eigenvalue weighted by Crippen LogP contribution is 2.02. The third-order valence-electron chi connectivity index (χ3n) is 3.11. The highest BCUT2D eigenvalue weighted by atomic mass is 16.6. The molecule has 0 saturated heterocycles. The zero-order valence-electron chi connectivity index (χ0n) is 19.3. The fraction of sp³-hybridized carbons (Fsp3) is 0.692. The first-order valence-corrected chi connectivity index (χ1v) is 10.3. The van der Waals surface area contributed by atoms with E-state index in [9.17, 15) is 19.2 Å². The van der Waals surface area contributed by atoms with E-state index in [0.29, 0.717) is 13.2 Å². The lowest BCUT2D eigenvalue weighted by Crippen LogP contribution is -2.19. The van der Waals surface area contributed by atoms with Crippen LogP contribution in [0.2, 0.25) is 0 Å². The van der Waals surface area contributed by atoms with Crippen LogP contribution in [-0.2, 0) is 38.1 Å². The summed E-state index contributed by atoms with van der Waals surface area (Å²) in [6.45, 7) is 10.9. The smallest absolute Gasteiger partial charge is 0.334 e. The van der Waals surface area contributed by atoms with Gasteiger partial charge in [0, 0.05) is 6.08 Å². The molecule has 0 rings (SSSR count). The summed E-state index contributed by atoms with van der Waals surface area (Å²) in [5, 5.41) is 8.80. The van der Waals surface area contributed by atoms with E-state index >= 15 is 0 Å². The number of hydrogen-bond donors (Lipinski definition) is 1. The molecule has 0 heterocycles. The van der Waals surface area contributed by atoms with Crippen molar-refractivity contribution >= 4 is 23.9 Å². The fourth-order valence-electron chi connectivity index (χ4n) is 1.88. The Morgan fingerprint density at radius 3 is 1.46 bits per heavy atom. The molecule has 0 bridgehead atoms. The van der Waals surface area contributed by atoms with Crippen molar-refractivity contribution in [2.75, 3.05) is 13.2 Å². The molecule has 2 atom stereocenters. The maximum absolute atomic E-state index is 11.1. The quantitative estimate of drug-likeness (QED) is 0.144. The van der Waals surface area contributed by atoms with Crippen molar-refractivity contribution < 1.29 is 43.2 Å². The van der Waals surface area contributed by atoms with Crippen LogP contribution in [0.3, 0.4) is 0 Å². The van der Waals surface area contributed by atoms with Crippen LogP contribution in [0.5, 0.6) is 0 Å². The third-order valence-corrected chi connectivity index (χ3v) is 3.11. The first-order valence-electron chi connectivity index (χ1n) is 10.3. The highest BCUT2D eigenvalue weighted by molar-refractivity contribution is 5.83. The van der Waals surface area contributed by atoms with Crippen molar-refractivity contribution in [2.24, 2.45) is 0 Å². The average Bonchev–Trinajstić information content (AvgIpc) is 2.64. The van der Waals surface area contributed by atoms with E-state index in [-0.39, 0.29) is 54.3 Å². The largest absolute Gasteiger partial charge is 0.512 e. The van der Waals surface area contributed by atoms with Crippen LogP contribution in [0.4, 0.5) is 0 Å². The summed E-state index contributed by atoms with van der Waals surface area (Å²) in [4.78, 5) is 44.3. The topological polar surface area (TPSA) is 125 Å². The molecule has 1 N–H and O–H groups in total. The van der Waals surface area contributed by atoms with E-state index in [0.717, 1.165) is 18.9 Å². The summed E-state index contributed by atoms with van der Waals surface area (Å²) in [6, 6.07) is 0. The number of aliphatic hydroxyl groups excluding tert-OH is 1. The minimum absolute atomic E-state index is 0. The first kappa shape index (κ1) is 45.6. The molecule has 0 fully saturated rings. The zero-order chi connectivity index (χ0) is 24.2. The lowest BCUT2D eigenvalue weighted by atomic mass is 10.3. The second kappa shape index (κ2) is 29.2. The molecule has 9 nitrogen and oxygen atoms in total. The van der Waals surface area contributed by atoms with Gasteiger partial charge in [-0.05, 0) is 40.5 Å². The molecule has 9 heteroatoms. The lowest BCUT2D eigenvalue weighted by molar-refractivity contribution is -0.153. The number of carbonyl (C=O) groups is 4. The van der Waals surface area contributed by atoms with E-state index < -0.39 is 30.1 Å². The van der Waals surface area contributed by atoms with E-state index in [2.05, 4.69) is 0 Å². The van der Waals surface area contributed by atoms with Gasteiger partial charge in [-0.25, -0.2) is 9.59 Å². The van der Waals surface area contributed by atoms with Crippen molar-refractivity contribution in [1.82, 2.24) is 0 Å². The Kier molecular flexibility index (Phi) is 38.1. The maximum atomic E-state index is 11.1. The van der Waals surface area contributed by atoms with Crippen molar-refractivity contribution in [3.63, 3.8) is 0 Å². The monoisotopic (exact) mass is 508 g/mol. The predicted octanol–water partition coefficient (Wildman–Crippen LogP) is 6.11. The van der Waals surface area contributed by atoms with Gasteiger partial charge < -0.3 is 24.1 Å². The summed E-state index contributed by atoms with van der Waals surface area (Å²) < 4.78 is 19.4.